The monoisotopic (exact) mass is 212 g/mol. The fourth-order valence-electron chi connectivity index (χ4n) is 0.883. The van der Waals surface area contributed by atoms with Gasteiger partial charge in [-0.15, -0.1) is 11.6 Å². The average molecular weight is 214 g/mol. The zero-order valence-corrected chi connectivity index (χ0v) is 8.59. The zero-order valence-electron chi connectivity index (χ0n) is 6.25. The molecule has 0 rings (SSSR count). The fraction of sp³-hybridized carbons (Fsp3) is 1.00. The number of halogens is 2. The minimum Gasteiger partial charge on any atom is -0.120 e. The highest BCUT2D eigenvalue weighted by atomic mass is 79.9. The van der Waals surface area contributed by atoms with Gasteiger partial charge in [0.25, 0.3) is 0 Å². The quantitative estimate of drug-likeness (QED) is 0.630. The van der Waals surface area contributed by atoms with E-state index in [0.717, 1.165) is 11.8 Å². The molecule has 0 aliphatic carbocycles. The second-order valence-electron chi connectivity index (χ2n) is 3.18. The minimum atomic E-state index is -0.0345. The van der Waals surface area contributed by atoms with E-state index in [1.54, 1.807) is 0 Å². The first-order chi connectivity index (χ1) is 3.95. The van der Waals surface area contributed by atoms with Crippen LogP contribution in [-0.4, -0.2) is 10.2 Å². The molecule has 0 radical (unpaired) electrons. The van der Waals surface area contributed by atoms with Gasteiger partial charge in [0.1, 0.15) is 0 Å². The summed E-state index contributed by atoms with van der Waals surface area (Å²) in [6.07, 6.45) is 1.07. The molecule has 56 valence electrons. The molecule has 0 spiro atoms. The van der Waals surface area contributed by atoms with Crippen LogP contribution in [0.5, 0.6) is 0 Å². The summed E-state index contributed by atoms with van der Waals surface area (Å²) in [5.41, 5.74) is 0. The minimum absolute atomic E-state index is 0.0345. The first kappa shape index (κ1) is 9.77. The van der Waals surface area contributed by atoms with Crippen molar-refractivity contribution in [1.29, 1.82) is 0 Å². The van der Waals surface area contributed by atoms with Crippen LogP contribution < -0.4 is 0 Å². The van der Waals surface area contributed by atoms with E-state index >= 15 is 0 Å². The van der Waals surface area contributed by atoms with E-state index in [9.17, 15) is 0 Å². The summed E-state index contributed by atoms with van der Waals surface area (Å²) in [6, 6.07) is 0. The number of hydrogen-bond acceptors (Lipinski definition) is 0. The number of rotatable bonds is 3. The van der Waals surface area contributed by atoms with Crippen molar-refractivity contribution < 1.29 is 0 Å². The van der Waals surface area contributed by atoms with Crippen LogP contribution in [0, 0.1) is 5.92 Å². The fourth-order valence-corrected chi connectivity index (χ4v) is 1.38. The molecule has 0 bridgehead atoms. The molecule has 0 fully saturated rings. The molecule has 0 saturated heterocycles. The van der Waals surface area contributed by atoms with Gasteiger partial charge < -0.3 is 0 Å². The van der Waals surface area contributed by atoms with E-state index in [4.69, 9.17) is 11.6 Å². The van der Waals surface area contributed by atoms with Gasteiger partial charge in [0.2, 0.25) is 0 Å². The van der Waals surface area contributed by atoms with Crippen LogP contribution in [0.1, 0.15) is 27.2 Å². The van der Waals surface area contributed by atoms with E-state index in [0.29, 0.717) is 5.92 Å². The van der Waals surface area contributed by atoms with Crippen LogP contribution in [0.15, 0.2) is 0 Å². The summed E-state index contributed by atoms with van der Waals surface area (Å²) in [7, 11) is 0. The molecule has 0 amide bonds. The Morgan fingerprint density at radius 3 is 2.11 bits per heavy atom. The smallest absolute Gasteiger partial charge is 0.0393 e. The van der Waals surface area contributed by atoms with Crippen LogP contribution in [0.3, 0.4) is 0 Å². The summed E-state index contributed by atoms with van der Waals surface area (Å²) >= 11 is 9.39. The SMILES string of the molecule is CC(CBr)CC(C)(C)Cl. The molecule has 0 aliphatic rings. The van der Waals surface area contributed by atoms with E-state index in [1.165, 1.54) is 0 Å². The molecule has 0 aromatic rings. The molecular weight excluding hydrogens is 199 g/mol. The van der Waals surface area contributed by atoms with Gasteiger partial charge in [-0.2, -0.15) is 0 Å². The van der Waals surface area contributed by atoms with E-state index < -0.39 is 0 Å². The second kappa shape index (κ2) is 3.82. The number of alkyl halides is 2. The summed E-state index contributed by atoms with van der Waals surface area (Å²) in [4.78, 5) is -0.0345. The molecule has 0 aliphatic heterocycles. The van der Waals surface area contributed by atoms with Gasteiger partial charge in [0, 0.05) is 10.2 Å². The third-order valence-corrected chi connectivity index (χ3v) is 2.36. The molecule has 0 nitrogen and oxygen atoms in total. The maximum atomic E-state index is 5.99. The van der Waals surface area contributed by atoms with Crippen molar-refractivity contribution >= 4 is 27.5 Å². The Labute approximate surface area is 71.1 Å². The third kappa shape index (κ3) is 6.66. The van der Waals surface area contributed by atoms with E-state index in [1.807, 2.05) is 13.8 Å². The van der Waals surface area contributed by atoms with Crippen molar-refractivity contribution in [3.8, 4) is 0 Å². The predicted octanol–water partition coefficient (Wildman–Crippen LogP) is 3.42. The molecule has 2 heteroatoms. The van der Waals surface area contributed by atoms with E-state index in [2.05, 4.69) is 22.9 Å². The summed E-state index contributed by atoms with van der Waals surface area (Å²) < 4.78 is 0. The lowest BCUT2D eigenvalue weighted by molar-refractivity contribution is 0.504. The molecule has 0 aromatic heterocycles. The van der Waals surface area contributed by atoms with Crippen molar-refractivity contribution in [2.45, 2.75) is 32.1 Å². The first-order valence-corrected chi connectivity index (χ1v) is 4.70. The predicted molar refractivity (Wildman–Crippen MR) is 47.5 cm³/mol. The molecule has 0 heterocycles. The number of hydrogen-bond donors (Lipinski definition) is 0. The summed E-state index contributed by atoms with van der Waals surface area (Å²) in [5.74, 6) is 0.678. The van der Waals surface area contributed by atoms with Gasteiger partial charge >= 0.3 is 0 Å². The van der Waals surface area contributed by atoms with Gasteiger partial charge in [0.05, 0.1) is 0 Å². The van der Waals surface area contributed by atoms with Crippen molar-refractivity contribution in [3.05, 3.63) is 0 Å². The molecular formula is C7H14BrCl. The van der Waals surface area contributed by atoms with Crippen LogP contribution in [-0.2, 0) is 0 Å². The zero-order chi connectivity index (χ0) is 7.49. The van der Waals surface area contributed by atoms with E-state index in [-0.39, 0.29) is 4.87 Å². The van der Waals surface area contributed by atoms with Gasteiger partial charge in [-0.05, 0) is 26.2 Å². The van der Waals surface area contributed by atoms with Crippen molar-refractivity contribution in [2.24, 2.45) is 5.92 Å². The van der Waals surface area contributed by atoms with Crippen molar-refractivity contribution in [3.63, 3.8) is 0 Å². The molecule has 0 N–H and O–H groups in total. The summed E-state index contributed by atoms with van der Waals surface area (Å²) in [5, 5.41) is 1.04. The summed E-state index contributed by atoms with van der Waals surface area (Å²) in [6.45, 7) is 6.29. The standard InChI is InChI=1S/C7H14BrCl/c1-6(5-8)4-7(2,3)9/h6H,4-5H2,1-3H3. The highest BCUT2D eigenvalue weighted by Crippen LogP contribution is 2.23. The topological polar surface area (TPSA) is 0 Å². The Morgan fingerprint density at radius 1 is 1.56 bits per heavy atom. The van der Waals surface area contributed by atoms with Crippen molar-refractivity contribution in [1.82, 2.24) is 0 Å². The maximum Gasteiger partial charge on any atom is 0.0393 e. The normalized spacial score (nSPS) is 15.7. The maximum absolute atomic E-state index is 5.99. The Hall–Kier alpha value is 0.770. The van der Waals surface area contributed by atoms with Gasteiger partial charge in [-0.3, -0.25) is 0 Å². The van der Waals surface area contributed by atoms with Crippen LogP contribution in [0.2, 0.25) is 0 Å². The molecule has 1 atom stereocenters. The Kier molecular flexibility index (Phi) is 4.15. The molecule has 9 heavy (non-hydrogen) atoms. The van der Waals surface area contributed by atoms with Crippen LogP contribution in [0.4, 0.5) is 0 Å². The van der Waals surface area contributed by atoms with Crippen molar-refractivity contribution in [2.75, 3.05) is 5.33 Å². The Balaban J connectivity index is 3.47. The Morgan fingerprint density at radius 2 is 2.00 bits per heavy atom. The second-order valence-corrected chi connectivity index (χ2v) is 4.85. The largest absolute Gasteiger partial charge is 0.120 e. The molecule has 0 saturated carbocycles. The highest BCUT2D eigenvalue weighted by molar-refractivity contribution is 9.09. The van der Waals surface area contributed by atoms with Gasteiger partial charge in [-0.25, -0.2) is 0 Å². The lowest BCUT2D eigenvalue weighted by atomic mass is 10.0. The third-order valence-electron chi connectivity index (χ3n) is 1.10. The van der Waals surface area contributed by atoms with Gasteiger partial charge in [-0.1, -0.05) is 22.9 Å². The lowest BCUT2D eigenvalue weighted by Crippen LogP contribution is -2.15. The Bertz CT molecular complexity index is 75.5. The highest BCUT2D eigenvalue weighted by Gasteiger charge is 2.16. The molecule has 0 aromatic carbocycles. The van der Waals surface area contributed by atoms with Crippen LogP contribution in [0.25, 0.3) is 0 Å². The first-order valence-electron chi connectivity index (χ1n) is 3.20. The lowest BCUT2D eigenvalue weighted by Gasteiger charge is -2.18. The average Bonchev–Trinajstić information content (AvgIpc) is 1.62. The molecule has 1 unspecified atom stereocenters. The van der Waals surface area contributed by atoms with Crippen LogP contribution >= 0.6 is 27.5 Å². The van der Waals surface area contributed by atoms with Gasteiger partial charge in [0.15, 0.2) is 0 Å².